The molecule has 2 heterocycles. The first-order chi connectivity index (χ1) is 13.4. The Morgan fingerprint density at radius 1 is 1.18 bits per heavy atom. The van der Waals surface area contributed by atoms with Gasteiger partial charge in [-0.25, -0.2) is 8.42 Å². The lowest BCUT2D eigenvalue weighted by Gasteiger charge is -2.31. The van der Waals surface area contributed by atoms with Crippen molar-refractivity contribution in [2.45, 2.75) is 61.4 Å². The van der Waals surface area contributed by atoms with Crippen molar-refractivity contribution in [2.75, 3.05) is 20.2 Å². The molecule has 154 valence electrons. The normalized spacial score (nSPS) is 16.6. The van der Waals surface area contributed by atoms with Gasteiger partial charge in [-0.3, -0.25) is 0 Å². The Balaban J connectivity index is 1.71. The van der Waals surface area contributed by atoms with E-state index in [0.717, 1.165) is 30.4 Å². The molecule has 0 bridgehead atoms. The van der Waals surface area contributed by atoms with Crippen LogP contribution in [-0.2, 0) is 16.6 Å². The van der Waals surface area contributed by atoms with Crippen molar-refractivity contribution in [3.8, 4) is 5.75 Å². The summed E-state index contributed by atoms with van der Waals surface area (Å²) in [5.41, 5.74) is 0. The molecule has 1 aliphatic rings. The quantitative estimate of drug-likeness (QED) is 0.634. The Kier molecular flexibility index (Phi) is 6.67. The van der Waals surface area contributed by atoms with E-state index in [9.17, 15) is 8.42 Å². The molecule has 2 aromatic rings. The van der Waals surface area contributed by atoms with Crippen molar-refractivity contribution in [1.82, 2.24) is 19.1 Å². The van der Waals surface area contributed by atoms with Gasteiger partial charge < -0.3 is 9.30 Å². The van der Waals surface area contributed by atoms with E-state index >= 15 is 0 Å². The molecule has 1 aromatic heterocycles. The molecule has 1 aromatic carbocycles. The van der Waals surface area contributed by atoms with Crippen LogP contribution in [0.4, 0.5) is 0 Å². The molecule has 0 atom stereocenters. The van der Waals surface area contributed by atoms with Crippen molar-refractivity contribution in [1.29, 1.82) is 0 Å². The van der Waals surface area contributed by atoms with Crippen molar-refractivity contribution in [3.63, 3.8) is 0 Å². The van der Waals surface area contributed by atoms with Crippen LogP contribution in [0.15, 0.2) is 34.3 Å². The number of methoxy groups -OCH3 is 1. The summed E-state index contributed by atoms with van der Waals surface area (Å²) >= 11 is 1.71. The average molecular weight is 425 g/mol. The third-order valence-corrected chi connectivity index (χ3v) is 7.82. The number of hydrogen-bond acceptors (Lipinski definition) is 6. The van der Waals surface area contributed by atoms with E-state index in [2.05, 4.69) is 35.5 Å². The molecular weight excluding hydrogens is 396 g/mol. The van der Waals surface area contributed by atoms with E-state index < -0.39 is 10.0 Å². The SMILES string of the molecule is CCn1c(SC(C)C)nnc1C1CCN(S(=O)(=O)c2ccc(OC)cc2)CC1. The number of ether oxygens (including phenoxy) is 1. The molecule has 28 heavy (non-hydrogen) atoms. The van der Waals surface area contributed by atoms with Gasteiger partial charge in [-0.1, -0.05) is 25.6 Å². The second kappa shape index (κ2) is 8.84. The van der Waals surface area contributed by atoms with Crippen molar-refractivity contribution in [2.24, 2.45) is 0 Å². The van der Waals surface area contributed by atoms with Gasteiger partial charge >= 0.3 is 0 Å². The molecule has 0 unspecified atom stereocenters. The third kappa shape index (κ3) is 4.36. The van der Waals surface area contributed by atoms with Gasteiger partial charge in [0.1, 0.15) is 11.6 Å². The van der Waals surface area contributed by atoms with Gasteiger partial charge in [0.2, 0.25) is 10.0 Å². The minimum Gasteiger partial charge on any atom is -0.497 e. The predicted molar refractivity (Wildman–Crippen MR) is 110 cm³/mol. The molecule has 0 amide bonds. The smallest absolute Gasteiger partial charge is 0.243 e. The van der Waals surface area contributed by atoms with E-state index in [-0.39, 0.29) is 5.92 Å². The van der Waals surface area contributed by atoms with E-state index in [4.69, 9.17) is 4.74 Å². The van der Waals surface area contributed by atoms with Gasteiger partial charge in [0, 0.05) is 30.8 Å². The van der Waals surface area contributed by atoms with Crippen molar-refractivity contribution < 1.29 is 13.2 Å². The molecule has 0 aliphatic carbocycles. The number of piperidine rings is 1. The van der Waals surface area contributed by atoms with Crippen LogP contribution in [0, 0.1) is 0 Å². The molecular formula is C19H28N4O3S2. The lowest BCUT2D eigenvalue weighted by molar-refractivity contribution is 0.308. The van der Waals surface area contributed by atoms with E-state index in [1.807, 2.05) is 0 Å². The summed E-state index contributed by atoms with van der Waals surface area (Å²) in [6, 6.07) is 6.56. The Bertz CT molecular complexity index is 886. The predicted octanol–water partition coefficient (Wildman–Crippen LogP) is 3.38. The number of thioether (sulfide) groups is 1. The highest BCUT2D eigenvalue weighted by Gasteiger charge is 2.32. The zero-order valence-electron chi connectivity index (χ0n) is 16.8. The van der Waals surface area contributed by atoms with Gasteiger partial charge in [-0.2, -0.15) is 4.31 Å². The minimum atomic E-state index is -3.49. The lowest BCUT2D eigenvalue weighted by Crippen LogP contribution is -2.38. The Morgan fingerprint density at radius 3 is 2.36 bits per heavy atom. The molecule has 1 aliphatic heterocycles. The Hall–Kier alpha value is -1.58. The fraction of sp³-hybridized carbons (Fsp3) is 0.579. The summed E-state index contributed by atoms with van der Waals surface area (Å²) < 4.78 is 34.7. The summed E-state index contributed by atoms with van der Waals surface area (Å²) in [6.07, 6.45) is 1.50. The van der Waals surface area contributed by atoms with Gasteiger partial charge in [-0.15, -0.1) is 10.2 Å². The monoisotopic (exact) mass is 424 g/mol. The number of sulfonamides is 1. The van der Waals surface area contributed by atoms with Crippen LogP contribution >= 0.6 is 11.8 Å². The zero-order valence-corrected chi connectivity index (χ0v) is 18.5. The van der Waals surface area contributed by atoms with Crippen LogP contribution in [0.5, 0.6) is 5.75 Å². The molecule has 0 spiro atoms. The van der Waals surface area contributed by atoms with Gasteiger partial charge in [0.25, 0.3) is 0 Å². The highest BCUT2D eigenvalue weighted by molar-refractivity contribution is 7.99. The fourth-order valence-electron chi connectivity index (χ4n) is 3.45. The van der Waals surface area contributed by atoms with Gasteiger partial charge in [0.15, 0.2) is 5.16 Å². The van der Waals surface area contributed by atoms with E-state index in [1.165, 1.54) is 0 Å². The van der Waals surface area contributed by atoms with E-state index in [0.29, 0.717) is 29.0 Å². The summed E-state index contributed by atoms with van der Waals surface area (Å²) in [6.45, 7) is 8.18. The summed E-state index contributed by atoms with van der Waals surface area (Å²) in [5, 5.41) is 10.2. The Labute approximate surface area is 171 Å². The van der Waals surface area contributed by atoms with Crippen LogP contribution in [0.25, 0.3) is 0 Å². The zero-order chi connectivity index (χ0) is 20.3. The molecule has 7 nitrogen and oxygen atoms in total. The summed E-state index contributed by atoms with van der Waals surface area (Å²) in [7, 11) is -1.92. The first kappa shape index (κ1) is 21.1. The largest absolute Gasteiger partial charge is 0.497 e. The van der Waals surface area contributed by atoms with Crippen LogP contribution < -0.4 is 4.74 Å². The number of benzene rings is 1. The summed E-state index contributed by atoms with van der Waals surface area (Å²) in [5.74, 6) is 1.86. The highest BCUT2D eigenvalue weighted by Crippen LogP contribution is 2.32. The molecule has 0 radical (unpaired) electrons. The average Bonchev–Trinajstić information content (AvgIpc) is 3.10. The second-order valence-corrected chi connectivity index (χ2v) is 10.6. The molecule has 1 saturated heterocycles. The number of aromatic nitrogens is 3. The molecule has 0 saturated carbocycles. The summed E-state index contributed by atoms with van der Waals surface area (Å²) in [4.78, 5) is 0.305. The van der Waals surface area contributed by atoms with Crippen LogP contribution in [0.2, 0.25) is 0 Å². The van der Waals surface area contributed by atoms with Crippen molar-refractivity contribution >= 4 is 21.8 Å². The van der Waals surface area contributed by atoms with Gasteiger partial charge in [-0.05, 0) is 44.0 Å². The van der Waals surface area contributed by atoms with Crippen LogP contribution in [0.1, 0.15) is 45.4 Å². The maximum absolute atomic E-state index is 12.9. The first-order valence-corrected chi connectivity index (χ1v) is 11.9. The topological polar surface area (TPSA) is 77.3 Å². The minimum absolute atomic E-state index is 0.233. The lowest BCUT2D eigenvalue weighted by atomic mass is 9.97. The van der Waals surface area contributed by atoms with Crippen LogP contribution in [-0.4, -0.2) is 52.9 Å². The van der Waals surface area contributed by atoms with E-state index in [1.54, 1.807) is 47.4 Å². The fourth-order valence-corrected chi connectivity index (χ4v) is 5.78. The first-order valence-electron chi connectivity index (χ1n) is 9.60. The van der Waals surface area contributed by atoms with Crippen LogP contribution in [0.3, 0.4) is 0 Å². The Morgan fingerprint density at radius 2 is 1.82 bits per heavy atom. The maximum Gasteiger partial charge on any atom is 0.243 e. The number of hydrogen-bond donors (Lipinski definition) is 0. The number of nitrogens with zero attached hydrogens (tertiary/aromatic N) is 4. The number of rotatable bonds is 7. The third-order valence-electron chi connectivity index (χ3n) is 4.92. The molecule has 3 rings (SSSR count). The molecule has 1 fully saturated rings. The second-order valence-electron chi connectivity index (χ2n) is 7.11. The molecule has 9 heteroatoms. The maximum atomic E-state index is 12.9. The van der Waals surface area contributed by atoms with Crippen molar-refractivity contribution in [3.05, 3.63) is 30.1 Å². The highest BCUT2D eigenvalue weighted by atomic mass is 32.2. The van der Waals surface area contributed by atoms with Gasteiger partial charge in [0.05, 0.1) is 12.0 Å². The molecule has 0 N–H and O–H groups in total. The standard InChI is InChI=1S/C19H28N4O3S2/c1-5-23-18(20-21-19(23)27-14(2)3)15-10-12-22(13-11-15)28(24,25)17-8-6-16(26-4)7-9-17/h6-9,14-15H,5,10-13H2,1-4H3.